The molecule has 0 bridgehead atoms. The molecule has 0 heterocycles. The molecule has 3 N–H and O–H groups in total. The van der Waals surface area contributed by atoms with Gasteiger partial charge in [0, 0.05) is 6.04 Å². The number of hydrazine groups is 1. The lowest BCUT2D eigenvalue weighted by Gasteiger charge is -2.22. The Labute approximate surface area is 98.2 Å². The molecule has 0 radical (unpaired) electrons. The minimum atomic E-state index is 0.479. The van der Waals surface area contributed by atoms with Crippen LogP contribution >= 0.6 is 0 Å². The summed E-state index contributed by atoms with van der Waals surface area (Å²) in [5.41, 5.74) is 6.05. The van der Waals surface area contributed by atoms with E-state index in [-0.39, 0.29) is 0 Å². The number of nitrogens with two attached hydrogens (primary N) is 1. The second kappa shape index (κ2) is 5.46. The number of fused-ring (bicyclic) bond motifs is 1. The molecule has 0 saturated carbocycles. The Balaban J connectivity index is 1.98. The zero-order valence-electron chi connectivity index (χ0n) is 10.1. The van der Waals surface area contributed by atoms with Crippen LogP contribution in [-0.4, -0.2) is 6.04 Å². The quantitative estimate of drug-likeness (QED) is 0.588. The van der Waals surface area contributed by atoms with Crippen molar-refractivity contribution in [3.63, 3.8) is 0 Å². The van der Waals surface area contributed by atoms with Crippen molar-refractivity contribution in [3.8, 4) is 0 Å². The summed E-state index contributed by atoms with van der Waals surface area (Å²) in [6.07, 6.45) is 6.09. The fourth-order valence-corrected chi connectivity index (χ4v) is 2.76. The number of hydrogen-bond donors (Lipinski definition) is 2. The van der Waals surface area contributed by atoms with Gasteiger partial charge in [0.2, 0.25) is 0 Å². The molecular formula is C14H22N2. The van der Waals surface area contributed by atoms with Crippen LogP contribution in [0.15, 0.2) is 24.3 Å². The maximum absolute atomic E-state index is 5.68. The van der Waals surface area contributed by atoms with Crippen molar-refractivity contribution >= 4 is 0 Å². The van der Waals surface area contributed by atoms with Crippen molar-refractivity contribution < 1.29 is 0 Å². The summed E-state index contributed by atoms with van der Waals surface area (Å²) >= 11 is 0. The van der Waals surface area contributed by atoms with E-state index in [2.05, 4.69) is 36.6 Å². The van der Waals surface area contributed by atoms with Crippen LogP contribution in [0.2, 0.25) is 0 Å². The molecule has 1 aromatic rings. The molecule has 0 saturated heterocycles. The highest BCUT2D eigenvalue weighted by molar-refractivity contribution is 5.32. The number of rotatable bonds is 5. The first-order valence-corrected chi connectivity index (χ1v) is 6.38. The lowest BCUT2D eigenvalue weighted by Crippen LogP contribution is -2.41. The fourth-order valence-electron chi connectivity index (χ4n) is 2.76. The lowest BCUT2D eigenvalue weighted by atomic mass is 9.93. The SMILES string of the molecule is CCCCC(NN)C1Cc2ccccc2C1. The lowest BCUT2D eigenvalue weighted by molar-refractivity contribution is 0.342. The van der Waals surface area contributed by atoms with E-state index in [9.17, 15) is 0 Å². The standard InChI is InChI=1S/C14H22N2/c1-2-3-8-14(16-15)13-9-11-6-4-5-7-12(11)10-13/h4-7,13-14,16H,2-3,8-10,15H2,1H3. The summed E-state index contributed by atoms with van der Waals surface area (Å²) in [6.45, 7) is 2.23. The molecule has 2 rings (SSSR count). The van der Waals surface area contributed by atoms with Gasteiger partial charge in [0.25, 0.3) is 0 Å². The summed E-state index contributed by atoms with van der Waals surface area (Å²) in [7, 11) is 0. The first-order valence-electron chi connectivity index (χ1n) is 6.38. The van der Waals surface area contributed by atoms with E-state index in [0.29, 0.717) is 12.0 Å². The summed E-state index contributed by atoms with van der Waals surface area (Å²) in [5.74, 6) is 6.37. The summed E-state index contributed by atoms with van der Waals surface area (Å²) in [5, 5.41) is 0. The second-order valence-corrected chi connectivity index (χ2v) is 4.85. The van der Waals surface area contributed by atoms with Crippen LogP contribution in [0.5, 0.6) is 0 Å². The highest BCUT2D eigenvalue weighted by Gasteiger charge is 2.27. The largest absolute Gasteiger partial charge is 0.271 e. The first-order chi connectivity index (χ1) is 7.85. The van der Waals surface area contributed by atoms with Gasteiger partial charge in [-0.3, -0.25) is 11.3 Å². The number of unbranched alkanes of at least 4 members (excludes halogenated alkanes) is 1. The van der Waals surface area contributed by atoms with Crippen molar-refractivity contribution in [2.45, 2.75) is 45.1 Å². The van der Waals surface area contributed by atoms with Crippen LogP contribution in [0, 0.1) is 5.92 Å². The fraction of sp³-hybridized carbons (Fsp3) is 0.571. The Morgan fingerprint density at radius 2 is 1.94 bits per heavy atom. The molecule has 0 fully saturated rings. The van der Waals surface area contributed by atoms with E-state index < -0.39 is 0 Å². The van der Waals surface area contributed by atoms with Crippen LogP contribution in [0.1, 0.15) is 37.3 Å². The topological polar surface area (TPSA) is 38.0 Å². The van der Waals surface area contributed by atoms with E-state index in [1.165, 1.54) is 43.2 Å². The van der Waals surface area contributed by atoms with Gasteiger partial charge >= 0.3 is 0 Å². The minimum Gasteiger partial charge on any atom is -0.271 e. The Kier molecular flexibility index (Phi) is 3.97. The maximum Gasteiger partial charge on any atom is 0.0245 e. The molecular weight excluding hydrogens is 196 g/mol. The predicted octanol–water partition coefficient (Wildman–Crippen LogP) is 2.42. The Morgan fingerprint density at radius 1 is 1.31 bits per heavy atom. The van der Waals surface area contributed by atoms with Gasteiger partial charge < -0.3 is 0 Å². The number of nitrogens with one attached hydrogen (secondary N) is 1. The molecule has 1 aliphatic rings. The van der Waals surface area contributed by atoms with Crippen molar-refractivity contribution in [3.05, 3.63) is 35.4 Å². The molecule has 0 spiro atoms. The van der Waals surface area contributed by atoms with Crippen LogP contribution in [0.4, 0.5) is 0 Å². The third-order valence-corrected chi connectivity index (χ3v) is 3.73. The van der Waals surface area contributed by atoms with E-state index in [1.807, 2.05) is 0 Å². The van der Waals surface area contributed by atoms with E-state index >= 15 is 0 Å². The molecule has 2 nitrogen and oxygen atoms in total. The summed E-state index contributed by atoms with van der Waals surface area (Å²) < 4.78 is 0. The second-order valence-electron chi connectivity index (χ2n) is 4.85. The monoisotopic (exact) mass is 218 g/mol. The maximum atomic E-state index is 5.68. The highest BCUT2D eigenvalue weighted by Crippen LogP contribution is 2.29. The molecule has 2 heteroatoms. The zero-order chi connectivity index (χ0) is 11.4. The molecule has 1 unspecified atom stereocenters. The molecule has 16 heavy (non-hydrogen) atoms. The van der Waals surface area contributed by atoms with Gasteiger partial charge in [-0.1, -0.05) is 44.0 Å². The average molecular weight is 218 g/mol. The van der Waals surface area contributed by atoms with Gasteiger partial charge in [-0.15, -0.1) is 0 Å². The average Bonchev–Trinajstić information content (AvgIpc) is 2.73. The zero-order valence-corrected chi connectivity index (χ0v) is 10.1. The smallest absolute Gasteiger partial charge is 0.0245 e. The van der Waals surface area contributed by atoms with E-state index in [0.717, 1.165) is 0 Å². The summed E-state index contributed by atoms with van der Waals surface area (Å²) in [6, 6.07) is 9.26. The predicted molar refractivity (Wildman–Crippen MR) is 68.0 cm³/mol. The van der Waals surface area contributed by atoms with Crippen LogP contribution < -0.4 is 11.3 Å². The van der Waals surface area contributed by atoms with Gasteiger partial charge in [-0.25, -0.2) is 0 Å². The molecule has 1 aromatic carbocycles. The molecule has 0 amide bonds. The molecule has 1 aliphatic carbocycles. The number of hydrogen-bond acceptors (Lipinski definition) is 2. The molecule has 1 atom stereocenters. The van der Waals surface area contributed by atoms with Gasteiger partial charge in [0.05, 0.1) is 0 Å². The molecule has 88 valence electrons. The normalized spacial score (nSPS) is 17.4. The van der Waals surface area contributed by atoms with Gasteiger partial charge in [0.1, 0.15) is 0 Å². The third-order valence-electron chi connectivity index (χ3n) is 3.73. The third kappa shape index (κ3) is 2.45. The van der Waals surface area contributed by atoms with Gasteiger partial charge in [0.15, 0.2) is 0 Å². The van der Waals surface area contributed by atoms with Crippen LogP contribution in [0.3, 0.4) is 0 Å². The van der Waals surface area contributed by atoms with Crippen LogP contribution in [0.25, 0.3) is 0 Å². The van der Waals surface area contributed by atoms with Crippen molar-refractivity contribution in [1.82, 2.24) is 5.43 Å². The van der Waals surface area contributed by atoms with Crippen molar-refractivity contribution in [2.75, 3.05) is 0 Å². The van der Waals surface area contributed by atoms with E-state index in [4.69, 9.17) is 5.84 Å². The highest BCUT2D eigenvalue weighted by atomic mass is 15.2. The minimum absolute atomic E-state index is 0.479. The Bertz CT molecular complexity index is 310. The molecule has 0 aromatic heterocycles. The van der Waals surface area contributed by atoms with Crippen LogP contribution in [-0.2, 0) is 12.8 Å². The Morgan fingerprint density at radius 3 is 2.44 bits per heavy atom. The summed E-state index contributed by atoms with van der Waals surface area (Å²) in [4.78, 5) is 0. The van der Waals surface area contributed by atoms with Gasteiger partial charge in [-0.2, -0.15) is 0 Å². The van der Waals surface area contributed by atoms with Crippen molar-refractivity contribution in [1.29, 1.82) is 0 Å². The molecule has 0 aliphatic heterocycles. The van der Waals surface area contributed by atoms with Crippen molar-refractivity contribution in [2.24, 2.45) is 11.8 Å². The van der Waals surface area contributed by atoms with Gasteiger partial charge in [-0.05, 0) is 36.3 Å². The number of benzene rings is 1. The Hall–Kier alpha value is -0.860. The van der Waals surface area contributed by atoms with E-state index in [1.54, 1.807) is 0 Å². The first kappa shape index (κ1) is 11.6.